The Hall–Kier alpha value is -2.93. The smallest absolute Gasteiger partial charge is 0.344 e. The molecule has 2 aromatic carbocycles. The first-order valence-corrected chi connectivity index (χ1v) is 8.17. The number of rotatable bonds is 6. The normalized spacial score (nSPS) is 13.0. The highest BCUT2D eigenvalue weighted by Gasteiger charge is 2.20. The maximum Gasteiger partial charge on any atom is 0.344 e. The third-order valence-corrected chi connectivity index (χ3v) is 3.74. The van der Waals surface area contributed by atoms with Crippen LogP contribution >= 0.6 is 11.6 Å². The van der Waals surface area contributed by atoms with Crippen molar-refractivity contribution in [1.29, 1.82) is 0 Å². The van der Waals surface area contributed by atoms with Crippen LogP contribution in [-0.4, -0.2) is 31.4 Å². The monoisotopic (exact) mass is 377 g/mol. The quantitative estimate of drug-likeness (QED) is 0.779. The van der Waals surface area contributed by atoms with Crippen LogP contribution in [0.4, 0.5) is 5.69 Å². The molecule has 0 fully saturated rings. The van der Waals surface area contributed by atoms with E-state index in [1.807, 2.05) is 0 Å². The molecular weight excluding hydrogens is 362 g/mol. The van der Waals surface area contributed by atoms with Gasteiger partial charge in [-0.3, -0.25) is 4.79 Å². The summed E-state index contributed by atoms with van der Waals surface area (Å²) < 4.78 is 20.8. The number of ether oxygens (including phenoxy) is 4. The Morgan fingerprint density at radius 1 is 1.15 bits per heavy atom. The molecule has 8 heteroatoms. The van der Waals surface area contributed by atoms with Gasteiger partial charge < -0.3 is 24.3 Å². The van der Waals surface area contributed by atoms with E-state index in [0.29, 0.717) is 28.0 Å². The van der Waals surface area contributed by atoms with Crippen molar-refractivity contribution < 1.29 is 28.5 Å². The minimum atomic E-state index is -0.984. The molecule has 0 aliphatic carbocycles. The standard InChI is InChI=1S/C18H16ClNO6/c1-11(26-17(21)9-23-14-5-2-12(19)3-6-14)18(22)20-13-4-7-15-16(8-13)25-10-24-15/h2-8,11H,9-10H2,1H3,(H,20,22)/t11-/m1/s1. The van der Waals surface area contributed by atoms with Gasteiger partial charge in [0.25, 0.3) is 5.91 Å². The molecule has 0 saturated carbocycles. The molecule has 0 radical (unpaired) electrons. The van der Waals surface area contributed by atoms with Gasteiger partial charge in [0, 0.05) is 16.8 Å². The summed E-state index contributed by atoms with van der Waals surface area (Å²) in [5.74, 6) is 0.506. The fourth-order valence-electron chi connectivity index (χ4n) is 2.18. The molecule has 0 spiro atoms. The molecule has 2 aromatic rings. The van der Waals surface area contributed by atoms with Crippen molar-refractivity contribution in [2.75, 3.05) is 18.7 Å². The number of carbonyl (C=O) groups excluding carboxylic acids is 2. The predicted octanol–water partition coefficient (Wildman–Crippen LogP) is 3.02. The van der Waals surface area contributed by atoms with Crippen molar-refractivity contribution in [2.45, 2.75) is 13.0 Å². The summed E-state index contributed by atoms with van der Waals surface area (Å²) in [5, 5.41) is 3.21. The summed E-state index contributed by atoms with van der Waals surface area (Å²) in [5.41, 5.74) is 0.513. The summed E-state index contributed by atoms with van der Waals surface area (Å²) in [4.78, 5) is 24.0. The molecule has 26 heavy (non-hydrogen) atoms. The molecule has 1 N–H and O–H groups in total. The average Bonchev–Trinajstić information content (AvgIpc) is 3.09. The zero-order valence-electron chi connectivity index (χ0n) is 13.9. The van der Waals surface area contributed by atoms with Gasteiger partial charge in [-0.15, -0.1) is 0 Å². The SMILES string of the molecule is C[C@@H](OC(=O)COc1ccc(Cl)cc1)C(=O)Nc1ccc2c(c1)OCO2. The van der Waals surface area contributed by atoms with Gasteiger partial charge in [0.05, 0.1) is 0 Å². The highest BCUT2D eigenvalue weighted by atomic mass is 35.5. The van der Waals surface area contributed by atoms with Crippen LogP contribution in [-0.2, 0) is 14.3 Å². The van der Waals surface area contributed by atoms with E-state index < -0.39 is 18.0 Å². The number of fused-ring (bicyclic) bond motifs is 1. The predicted molar refractivity (Wildman–Crippen MR) is 93.7 cm³/mol. The lowest BCUT2D eigenvalue weighted by Gasteiger charge is -2.14. The third kappa shape index (κ3) is 4.58. The lowest BCUT2D eigenvalue weighted by molar-refractivity contribution is -0.155. The first-order valence-electron chi connectivity index (χ1n) is 7.79. The van der Waals surface area contributed by atoms with Crippen molar-refractivity contribution in [2.24, 2.45) is 0 Å². The Labute approximate surface area is 154 Å². The summed E-state index contributed by atoms with van der Waals surface area (Å²) in [7, 11) is 0. The first-order chi connectivity index (χ1) is 12.5. The van der Waals surface area contributed by atoms with Gasteiger partial charge in [0.15, 0.2) is 24.2 Å². The van der Waals surface area contributed by atoms with Crippen LogP contribution in [0.2, 0.25) is 5.02 Å². The second-order valence-electron chi connectivity index (χ2n) is 5.43. The van der Waals surface area contributed by atoms with E-state index in [1.54, 1.807) is 42.5 Å². The van der Waals surface area contributed by atoms with Gasteiger partial charge in [-0.1, -0.05) is 11.6 Å². The number of esters is 1. The molecule has 0 unspecified atom stereocenters. The Balaban J connectivity index is 1.47. The van der Waals surface area contributed by atoms with E-state index in [0.717, 1.165) is 0 Å². The fraction of sp³-hybridized carbons (Fsp3) is 0.222. The van der Waals surface area contributed by atoms with Gasteiger partial charge in [-0.05, 0) is 43.3 Å². The van der Waals surface area contributed by atoms with Crippen molar-refractivity contribution in [3.63, 3.8) is 0 Å². The molecule has 0 aromatic heterocycles. The van der Waals surface area contributed by atoms with Crippen LogP contribution in [0.1, 0.15) is 6.92 Å². The topological polar surface area (TPSA) is 83.1 Å². The summed E-state index contributed by atoms with van der Waals surface area (Å²) >= 11 is 5.77. The lowest BCUT2D eigenvalue weighted by atomic mass is 10.2. The van der Waals surface area contributed by atoms with Crippen LogP contribution in [0.15, 0.2) is 42.5 Å². The van der Waals surface area contributed by atoms with Gasteiger partial charge in [0.1, 0.15) is 5.75 Å². The van der Waals surface area contributed by atoms with Crippen LogP contribution in [0.3, 0.4) is 0 Å². The molecule has 1 aliphatic heterocycles. The van der Waals surface area contributed by atoms with Gasteiger partial charge in [0.2, 0.25) is 6.79 Å². The van der Waals surface area contributed by atoms with Crippen LogP contribution in [0.25, 0.3) is 0 Å². The Morgan fingerprint density at radius 3 is 2.65 bits per heavy atom. The number of hydrogen-bond donors (Lipinski definition) is 1. The average molecular weight is 378 g/mol. The van der Waals surface area contributed by atoms with E-state index in [2.05, 4.69) is 5.32 Å². The second-order valence-corrected chi connectivity index (χ2v) is 5.87. The van der Waals surface area contributed by atoms with E-state index in [-0.39, 0.29) is 13.4 Å². The number of benzene rings is 2. The lowest BCUT2D eigenvalue weighted by Crippen LogP contribution is -2.31. The summed E-state index contributed by atoms with van der Waals surface area (Å²) in [6.45, 7) is 1.31. The van der Waals surface area contributed by atoms with Crippen LogP contribution in [0.5, 0.6) is 17.2 Å². The second kappa shape index (κ2) is 7.97. The molecule has 1 aliphatic rings. The maximum atomic E-state index is 12.1. The van der Waals surface area contributed by atoms with Crippen LogP contribution in [0, 0.1) is 0 Å². The molecule has 1 amide bonds. The number of anilines is 1. The molecule has 136 valence electrons. The highest BCUT2D eigenvalue weighted by Crippen LogP contribution is 2.34. The zero-order valence-corrected chi connectivity index (χ0v) is 14.6. The maximum absolute atomic E-state index is 12.1. The van der Waals surface area contributed by atoms with E-state index >= 15 is 0 Å². The molecule has 3 rings (SSSR count). The summed E-state index contributed by atoms with van der Waals surface area (Å²) in [6, 6.07) is 11.5. The number of amides is 1. The van der Waals surface area contributed by atoms with Crippen molar-refractivity contribution in [3.05, 3.63) is 47.5 Å². The molecule has 7 nitrogen and oxygen atoms in total. The highest BCUT2D eigenvalue weighted by molar-refractivity contribution is 6.30. The molecular formula is C18H16ClNO6. The number of halogens is 1. The Kier molecular flexibility index (Phi) is 5.48. The van der Waals surface area contributed by atoms with E-state index in [1.165, 1.54) is 6.92 Å². The minimum absolute atomic E-state index is 0.147. The number of carbonyl (C=O) groups is 2. The number of nitrogens with one attached hydrogen (secondary N) is 1. The van der Waals surface area contributed by atoms with Crippen LogP contribution < -0.4 is 19.5 Å². The Bertz CT molecular complexity index is 808. The summed E-state index contributed by atoms with van der Waals surface area (Å²) in [6.07, 6.45) is -0.984. The van der Waals surface area contributed by atoms with E-state index in [9.17, 15) is 9.59 Å². The fourth-order valence-corrected chi connectivity index (χ4v) is 2.30. The van der Waals surface area contributed by atoms with E-state index in [4.69, 9.17) is 30.5 Å². The van der Waals surface area contributed by atoms with Crippen molar-refractivity contribution in [1.82, 2.24) is 0 Å². The largest absolute Gasteiger partial charge is 0.482 e. The first kappa shape index (κ1) is 17.9. The number of hydrogen-bond acceptors (Lipinski definition) is 6. The van der Waals surface area contributed by atoms with Gasteiger partial charge >= 0.3 is 5.97 Å². The van der Waals surface area contributed by atoms with Gasteiger partial charge in [-0.2, -0.15) is 0 Å². The molecule has 1 heterocycles. The van der Waals surface area contributed by atoms with Crippen molar-refractivity contribution in [3.8, 4) is 17.2 Å². The minimum Gasteiger partial charge on any atom is -0.482 e. The van der Waals surface area contributed by atoms with Gasteiger partial charge in [-0.25, -0.2) is 4.79 Å². The molecule has 0 bridgehead atoms. The Morgan fingerprint density at radius 2 is 1.88 bits per heavy atom. The third-order valence-electron chi connectivity index (χ3n) is 3.49. The molecule has 0 saturated heterocycles. The molecule has 1 atom stereocenters. The zero-order chi connectivity index (χ0) is 18.5. The van der Waals surface area contributed by atoms with Crippen molar-refractivity contribution >= 4 is 29.2 Å².